The lowest BCUT2D eigenvalue weighted by Crippen LogP contribution is -2.71. The summed E-state index contributed by atoms with van der Waals surface area (Å²) in [4.78, 5) is 65.1. The van der Waals surface area contributed by atoms with Crippen molar-refractivity contribution in [2.75, 3.05) is 11.5 Å². The second kappa shape index (κ2) is 10.4. The van der Waals surface area contributed by atoms with Crippen molar-refractivity contribution >= 4 is 79.2 Å². The molecule has 3 aliphatic rings. The zero-order valence-electron chi connectivity index (χ0n) is 21.0. The summed E-state index contributed by atoms with van der Waals surface area (Å²) in [6.07, 6.45) is 4.70. The largest absolute Gasteiger partial charge is 0.543 e. The van der Waals surface area contributed by atoms with E-state index in [0.717, 1.165) is 26.5 Å². The molecule has 1 unspecified atom stereocenters. The normalized spacial score (nSPS) is 21.6. The van der Waals surface area contributed by atoms with E-state index in [0.29, 0.717) is 12.0 Å². The number of carbonyl (C=O) groups is 4. The Morgan fingerprint density at radius 1 is 1.34 bits per heavy atom. The number of fused-ring (bicyclic) bond motifs is 2. The molecule has 3 aromatic heterocycles. The van der Waals surface area contributed by atoms with Crippen LogP contribution in [0.3, 0.4) is 0 Å². The first-order valence-corrected chi connectivity index (χ1v) is 15.1. The Hall–Kier alpha value is -4.09. The van der Waals surface area contributed by atoms with Gasteiger partial charge in [0.05, 0.1) is 21.9 Å². The number of carboxylic acids is 2. The van der Waals surface area contributed by atoms with E-state index in [9.17, 15) is 29.4 Å². The first kappa shape index (κ1) is 27.1. The van der Waals surface area contributed by atoms with Crippen LogP contribution in [-0.4, -0.2) is 72.2 Å². The highest BCUT2D eigenvalue weighted by Gasteiger charge is 2.54. The van der Waals surface area contributed by atoms with Gasteiger partial charge in [0.15, 0.2) is 29.8 Å². The predicted molar refractivity (Wildman–Crippen MR) is 145 cm³/mol. The van der Waals surface area contributed by atoms with Crippen LogP contribution in [0.5, 0.6) is 0 Å². The maximum Gasteiger partial charge on any atom is 0.350 e. The quantitative estimate of drug-likeness (QED) is 0.121. The summed E-state index contributed by atoms with van der Waals surface area (Å²) in [5.41, 5.74) is 6.63. The second-order valence-corrected chi connectivity index (χ2v) is 12.5. The molecule has 0 radical (unpaired) electrons. The maximum absolute atomic E-state index is 13.3. The number of nitrogen functional groups attached to an aromatic ring is 1. The van der Waals surface area contributed by atoms with E-state index in [1.807, 2.05) is 12.3 Å². The van der Waals surface area contributed by atoms with Gasteiger partial charge in [-0.1, -0.05) is 5.16 Å². The summed E-state index contributed by atoms with van der Waals surface area (Å²) in [6, 6.07) is 0.814. The first-order valence-electron chi connectivity index (χ1n) is 12.3. The summed E-state index contributed by atoms with van der Waals surface area (Å²) >= 11 is 3.83. The number of hydrogen-bond donors (Lipinski definition) is 3. The average Bonchev–Trinajstić information content (AvgIpc) is 3.56. The zero-order valence-corrected chi connectivity index (χ0v) is 23.5. The molecule has 5 heterocycles. The first-order chi connectivity index (χ1) is 19.7. The number of aliphatic carboxylic acids is 2. The summed E-state index contributed by atoms with van der Waals surface area (Å²) < 4.78 is 2.78. The van der Waals surface area contributed by atoms with Crippen molar-refractivity contribution in [3.8, 4) is 0 Å². The van der Waals surface area contributed by atoms with Crippen molar-refractivity contribution in [2.24, 2.45) is 5.16 Å². The van der Waals surface area contributed by atoms with Gasteiger partial charge in [0.2, 0.25) is 5.60 Å². The van der Waals surface area contributed by atoms with Crippen molar-refractivity contribution in [1.82, 2.24) is 20.2 Å². The average molecular weight is 616 g/mol. The van der Waals surface area contributed by atoms with Gasteiger partial charge >= 0.3 is 5.97 Å². The smallest absolute Gasteiger partial charge is 0.350 e. The lowest BCUT2D eigenvalue weighted by Gasteiger charge is -2.50. The molecule has 1 aliphatic carbocycles. The fourth-order valence-corrected chi connectivity index (χ4v) is 7.28. The monoisotopic (exact) mass is 615 g/mol. The molecule has 2 atom stereocenters. The number of carboxylic acid groups (broad SMARTS) is 2. The van der Waals surface area contributed by atoms with Gasteiger partial charge in [0.25, 0.3) is 11.8 Å². The zero-order chi connectivity index (χ0) is 28.9. The molecule has 212 valence electrons. The molecule has 1 saturated carbocycles. The number of aromatic nitrogens is 3. The third-order valence-electron chi connectivity index (χ3n) is 7.07. The van der Waals surface area contributed by atoms with Crippen molar-refractivity contribution in [2.45, 2.75) is 42.8 Å². The van der Waals surface area contributed by atoms with E-state index in [1.165, 1.54) is 28.5 Å². The molecule has 0 spiro atoms. The molecule has 0 aromatic carbocycles. The number of thiazole rings is 2. The Balaban J connectivity index is 1.22. The van der Waals surface area contributed by atoms with Crippen LogP contribution in [0.1, 0.15) is 25.0 Å². The number of hydrogen-bond acceptors (Lipinski definition) is 13. The van der Waals surface area contributed by atoms with Crippen LogP contribution in [0.25, 0.3) is 10.2 Å². The molecule has 41 heavy (non-hydrogen) atoms. The molecule has 2 aliphatic heterocycles. The molecule has 4 N–H and O–H groups in total. The van der Waals surface area contributed by atoms with Crippen LogP contribution in [0, 0.1) is 0 Å². The van der Waals surface area contributed by atoms with Gasteiger partial charge in [-0.05, 0) is 6.42 Å². The van der Waals surface area contributed by atoms with Crippen LogP contribution >= 0.6 is 34.4 Å². The minimum atomic E-state index is -1.54. The second-order valence-electron chi connectivity index (χ2n) is 9.57. The Kier molecular flexibility index (Phi) is 6.87. The predicted octanol–water partition coefficient (Wildman–Crippen LogP) is -0.545. The van der Waals surface area contributed by atoms with Crippen LogP contribution < -0.4 is 20.7 Å². The lowest BCUT2D eigenvalue weighted by molar-refractivity contribution is -0.687. The van der Waals surface area contributed by atoms with Gasteiger partial charge in [-0.2, -0.15) is 4.57 Å². The number of amides is 2. The number of nitrogens with one attached hydrogen (secondary N) is 1. The van der Waals surface area contributed by atoms with E-state index in [2.05, 4.69) is 20.4 Å². The van der Waals surface area contributed by atoms with Gasteiger partial charge < -0.3 is 30.9 Å². The van der Waals surface area contributed by atoms with Crippen molar-refractivity contribution in [3.63, 3.8) is 0 Å². The fraction of sp³-hybridized carbons (Fsp3) is 0.333. The van der Waals surface area contributed by atoms with Gasteiger partial charge in [0.1, 0.15) is 22.6 Å². The topological polar surface area (TPSA) is 204 Å². The Bertz CT molecular complexity index is 1660. The van der Waals surface area contributed by atoms with E-state index in [4.69, 9.17) is 10.6 Å². The minimum absolute atomic E-state index is 0.0523. The Morgan fingerprint density at radius 2 is 2.15 bits per heavy atom. The van der Waals surface area contributed by atoms with Crippen LogP contribution in [0.4, 0.5) is 5.13 Å². The van der Waals surface area contributed by atoms with E-state index in [-0.39, 0.29) is 47.4 Å². The SMILES string of the molecule is Nc1nc(/C(=N/OC2(C(=O)O)CCC2)C(=O)NC2C(=O)N3C(C(=O)[O-])=C(C[n+]4ccc5scnc5c4)CS[C@@H]23)cs1. The van der Waals surface area contributed by atoms with Crippen LogP contribution in [-0.2, 0) is 30.6 Å². The van der Waals surface area contributed by atoms with Gasteiger partial charge in [0, 0.05) is 35.6 Å². The number of carbonyl (C=O) groups excluding carboxylic acids is 3. The Morgan fingerprint density at radius 3 is 2.80 bits per heavy atom. The van der Waals surface area contributed by atoms with Gasteiger partial charge in [-0.3, -0.25) is 14.5 Å². The molecule has 2 amide bonds. The highest BCUT2D eigenvalue weighted by molar-refractivity contribution is 8.00. The molecule has 17 heteroatoms. The molecule has 1 saturated heterocycles. The minimum Gasteiger partial charge on any atom is -0.543 e. The third-order valence-corrected chi connectivity index (χ3v) is 9.90. The Labute approximate surface area is 243 Å². The number of anilines is 1. The number of oxime groups is 1. The lowest BCUT2D eigenvalue weighted by atomic mass is 9.80. The van der Waals surface area contributed by atoms with Gasteiger partial charge in [-0.25, -0.2) is 14.8 Å². The highest BCUT2D eigenvalue weighted by atomic mass is 32.2. The summed E-state index contributed by atoms with van der Waals surface area (Å²) in [5, 5.41) is 29.0. The molecular weight excluding hydrogens is 595 g/mol. The van der Waals surface area contributed by atoms with Crippen molar-refractivity contribution in [3.05, 3.63) is 46.3 Å². The maximum atomic E-state index is 13.3. The number of nitrogens with zero attached hydrogens (tertiary/aromatic N) is 5. The molecule has 2 fully saturated rings. The van der Waals surface area contributed by atoms with E-state index < -0.39 is 40.8 Å². The molecule has 14 nitrogen and oxygen atoms in total. The van der Waals surface area contributed by atoms with Crippen LogP contribution in [0.2, 0.25) is 0 Å². The highest BCUT2D eigenvalue weighted by Crippen LogP contribution is 2.40. The fourth-order valence-electron chi connectivity index (χ4n) is 4.75. The number of nitrogens with two attached hydrogens (primary N) is 1. The van der Waals surface area contributed by atoms with E-state index >= 15 is 0 Å². The summed E-state index contributed by atoms with van der Waals surface area (Å²) in [6.45, 7) is 0.210. The van der Waals surface area contributed by atoms with Crippen molar-refractivity contribution in [1.29, 1.82) is 0 Å². The molecule has 6 rings (SSSR count). The molecule has 3 aromatic rings. The summed E-state index contributed by atoms with van der Waals surface area (Å²) in [7, 11) is 0. The van der Waals surface area contributed by atoms with Gasteiger partial charge in [-0.15, -0.1) is 34.4 Å². The molecular formula is C24H21N7O7S3. The van der Waals surface area contributed by atoms with Crippen molar-refractivity contribution < 1.29 is 38.8 Å². The number of rotatable bonds is 9. The molecule has 0 bridgehead atoms. The number of pyridine rings is 1. The number of thioether (sulfide) groups is 1. The summed E-state index contributed by atoms with van der Waals surface area (Å²) in [5.74, 6) is -3.89. The number of β-lactam (4-membered cyclic amide) rings is 1. The van der Waals surface area contributed by atoms with E-state index in [1.54, 1.807) is 16.3 Å². The third kappa shape index (κ3) is 4.78. The standard InChI is InChI=1S/C24H21N7O7S3/c25-23-27-13(9-40-23)15(29-38-24(22(36)37)3-1-4-24)18(32)28-16-19(33)31-17(21(34)35)11(8-39-20(16)31)6-30-5-2-14-12(7-30)26-10-41-14/h2,5,7,9-10,16,20H,1,3-4,6,8H2,(H4-,25,27,28,32,34,35,36,37)/b29-15-/t16?,20-/m0/s1. The van der Waals surface area contributed by atoms with Crippen LogP contribution in [0.15, 0.2) is 45.8 Å².